The van der Waals surface area contributed by atoms with Gasteiger partial charge < -0.3 is 15.2 Å². The SMILES string of the molecule is CCOc1ccccc1C(NCCN=[N+]=[N-])C(=O)O. The summed E-state index contributed by atoms with van der Waals surface area (Å²) in [5, 5.41) is 15.4. The summed E-state index contributed by atoms with van der Waals surface area (Å²) >= 11 is 0. The third-order valence-corrected chi connectivity index (χ3v) is 2.40. The van der Waals surface area contributed by atoms with E-state index in [-0.39, 0.29) is 13.1 Å². The first-order valence-electron chi connectivity index (χ1n) is 5.89. The maximum atomic E-state index is 11.3. The van der Waals surface area contributed by atoms with Crippen LogP contribution in [0.1, 0.15) is 18.5 Å². The minimum absolute atomic E-state index is 0.192. The minimum atomic E-state index is -1.01. The van der Waals surface area contributed by atoms with Gasteiger partial charge in [0.25, 0.3) is 0 Å². The number of ether oxygens (including phenoxy) is 1. The highest BCUT2D eigenvalue weighted by molar-refractivity contribution is 5.76. The van der Waals surface area contributed by atoms with Crippen molar-refractivity contribution in [1.29, 1.82) is 0 Å². The fourth-order valence-corrected chi connectivity index (χ4v) is 1.64. The van der Waals surface area contributed by atoms with Gasteiger partial charge in [-0.1, -0.05) is 23.3 Å². The number of carboxylic acid groups (broad SMARTS) is 1. The van der Waals surface area contributed by atoms with Crippen molar-refractivity contribution in [2.45, 2.75) is 13.0 Å². The Bertz CT molecular complexity index is 472. The van der Waals surface area contributed by atoms with Crippen molar-refractivity contribution < 1.29 is 14.6 Å². The Morgan fingerprint density at radius 3 is 2.95 bits per heavy atom. The molecular weight excluding hydrogens is 248 g/mol. The number of rotatable bonds is 8. The zero-order valence-corrected chi connectivity index (χ0v) is 10.6. The molecule has 102 valence electrons. The zero-order valence-electron chi connectivity index (χ0n) is 10.6. The zero-order chi connectivity index (χ0) is 14.1. The number of para-hydroxylation sites is 1. The molecule has 1 unspecified atom stereocenters. The van der Waals surface area contributed by atoms with Crippen LogP contribution in [0.3, 0.4) is 0 Å². The lowest BCUT2D eigenvalue weighted by molar-refractivity contribution is -0.139. The third kappa shape index (κ3) is 4.50. The largest absolute Gasteiger partial charge is 0.494 e. The van der Waals surface area contributed by atoms with E-state index < -0.39 is 12.0 Å². The molecule has 0 saturated carbocycles. The monoisotopic (exact) mass is 264 g/mol. The molecule has 1 aromatic carbocycles. The first-order valence-corrected chi connectivity index (χ1v) is 5.89. The summed E-state index contributed by atoms with van der Waals surface area (Å²) in [6, 6.07) is 6.07. The first kappa shape index (κ1) is 14.8. The molecular formula is C12H16N4O3. The molecule has 7 nitrogen and oxygen atoms in total. The third-order valence-electron chi connectivity index (χ3n) is 2.40. The van der Waals surface area contributed by atoms with Crippen LogP contribution in [0.4, 0.5) is 0 Å². The molecule has 0 amide bonds. The lowest BCUT2D eigenvalue weighted by Gasteiger charge is -2.17. The quantitative estimate of drug-likeness (QED) is 0.324. The van der Waals surface area contributed by atoms with Crippen molar-refractivity contribution in [3.05, 3.63) is 40.3 Å². The normalized spacial score (nSPS) is 11.4. The molecule has 0 aliphatic rings. The van der Waals surface area contributed by atoms with Crippen LogP contribution < -0.4 is 10.1 Å². The fourth-order valence-electron chi connectivity index (χ4n) is 1.64. The molecule has 0 radical (unpaired) electrons. The number of carboxylic acids is 1. The average Bonchev–Trinajstić information content (AvgIpc) is 2.40. The van der Waals surface area contributed by atoms with Gasteiger partial charge in [0.1, 0.15) is 11.8 Å². The van der Waals surface area contributed by atoms with E-state index in [2.05, 4.69) is 15.3 Å². The van der Waals surface area contributed by atoms with Gasteiger partial charge in [0.2, 0.25) is 0 Å². The predicted molar refractivity (Wildman–Crippen MR) is 70.0 cm³/mol. The maximum Gasteiger partial charge on any atom is 0.325 e. The molecule has 0 bridgehead atoms. The number of hydrogen-bond donors (Lipinski definition) is 2. The predicted octanol–water partition coefficient (Wildman–Crippen LogP) is 2.11. The summed E-state index contributed by atoms with van der Waals surface area (Å²) in [5.74, 6) is -0.471. The molecule has 1 aromatic rings. The van der Waals surface area contributed by atoms with E-state index in [0.29, 0.717) is 17.9 Å². The van der Waals surface area contributed by atoms with Gasteiger partial charge in [0.05, 0.1) is 6.61 Å². The van der Waals surface area contributed by atoms with Crippen molar-refractivity contribution in [2.24, 2.45) is 5.11 Å². The van der Waals surface area contributed by atoms with Crippen molar-refractivity contribution >= 4 is 5.97 Å². The average molecular weight is 264 g/mol. The first-order chi connectivity index (χ1) is 9.20. The molecule has 0 fully saturated rings. The van der Waals surface area contributed by atoms with E-state index in [1.165, 1.54) is 0 Å². The van der Waals surface area contributed by atoms with Crippen LogP contribution in [0.2, 0.25) is 0 Å². The molecule has 7 heteroatoms. The van der Waals surface area contributed by atoms with Crippen LogP contribution in [0, 0.1) is 0 Å². The van der Waals surface area contributed by atoms with Gasteiger partial charge in [0.15, 0.2) is 0 Å². The lowest BCUT2D eigenvalue weighted by atomic mass is 10.1. The van der Waals surface area contributed by atoms with Gasteiger partial charge >= 0.3 is 5.97 Å². The molecule has 2 N–H and O–H groups in total. The van der Waals surface area contributed by atoms with Crippen LogP contribution in [0.15, 0.2) is 29.4 Å². The fraction of sp³-hybridized carbons (Fsp3) is 0.417. The summed E-state index contributed by atoms with van der Waals surface area (Å²) < 4.78 is 5.41. The number of nitrogens with one attached hydrogen (secondary N) is 1. The topological polar surface area (TPSA) is 107 Å². The molecule has 0 saturated heterocycles. The summed E-state index contributed by atoms with van der Waals surface area (Å²) in [4.78, 5) is 13.9. The summed E-state index contributed by atoms with van der Waals surface area (Å²) in [6.45, 7) is 2.77. The molecule has 0 spiro atoms. The van der Waals surface area contributed by atoms with Crippen LogP contribution >= 0.6 is 0 Å². The van der Waals surface area contributed by atoms with E-state index in [0.717, 1.165) is 0 Å². The van der Waals surface area contributed by atoms with Gasteiger partial charge in [-0.3, -0.25) is 4.79 Å². The van der Waals surface area contributed by atoms with E-state index in [1.54, 1.807) is 24.3 Å². The second kappa shape index (κ2) is 7.97. The second-order valence-corrected chi connectivity index (χ2v) is 3.65. The van der Waals surface area contributed by atoms with Crippen LogP contribution in [0.5, 0.6) is 5.75 Å². The standard InChI is InChI=1S/C12H16N4O3/c1-2-19-10-6-4-3-5-9(10)11(12(17)18)14-7-8-15-16-13/h3-6,11,14H,2,7-8H2,1H3,(H,17,18). The molecule has 1 rings (SSSR count). The second-order valence-electron chi connectivity index (χ2n) is 3.65. The van der Waals surface area contributed by atoms with Gasteiger partial charge in [-0.05, 0) is 18.5 Å². The van der Waals surface area contributed by atoms with E-state index in [9.17, 15) is 9.90 Å². The number of hydrogen-bond acceptors (Lipinski definition) is 4. The summed E-state index contributed by atoms with van der Waals surface area (Å²) in [6.07, 6.45) is 0. The Labute approximate surface area is 110 Å². The van der Waals surface area contributed by atoms with Gasteiger partial charge in [-0.2, -0.15) is 0 Å². The van der Waals surface area contributed by atoms with Gasteiger partial charge in [-0.25, -0.2) is 0 Å². The van der Waals surface area contributed by atoms with E-state index in [1.807, 2.05) is 6.92 Å². The highest BCUT2D eigenvalue weighted by atomic mass is 16.5. The number of benzene rings is 1. The van der Waals surface area contributed by atoms with Crippen LogP contribution in [0.25, 0.3) is 10.4 Å². The molecule has 19 heavy (non-hydrogen) atoms. The summed E-state index contributed by atoms with van der Waals surface area (Å²) in [7, 11) is 0. The van der Waals surface area contributed by atoms with Gasteiger partial charge in [0, 0.05) is 23.6 Å². The molecule has 0 heterocycles. The number of aliphatic carboxylic acids is 1. The number of nitrogens with zero attached hydrogens (tertiary/aromatic N) is 3. The van der Waals surface area contributed by atoms with Crippen molar-refractivity contribution in [3.8, 4) is 5.75 Å². The smallest absolute Gasteiger partial charge is 0.325 e. The summed E-state index contributed by atoms with van der Waals surface area (Å²) in [5.41, 5.74) is 8.72. The van der Waals surface area contributed by atoms with E-state index >= 15 is 0 Å². The van der Waals surface area contributed by atoms with Crippen molar-refractivity contribution in [1.82, 2.24) is 5.32 Å². The molecule has 1 atom stereocenters. The minimum Gasteiger partial charge on any atom is -0.494 e. The van der Waals surface area contributed by atoms with Crippen LogP contribution in [-0.2, 0) is 4.79 Å². The van der Waals surface area contributed by atoms with Crippen molar-refractivity contribution in [2.75, 3.05) is 19.7 Å². The highest BCUT2D eigenvalue weighted by Gasteiger charge is 2.22. The molecule has 0 aromatic heterocycles. The van der Waals surface area contributed by atoms with Gasteiger partial charge in [-0.15, -0.1) is 0 Å². The number of carbonyl (C=O) groups is 1. The van der Waals surface area contributed by atoms with E-state index in [4.69, 9.17) is 10.3 Å². The highest BCUT2D eigenvalue weighted by Crippen LogP contribution is 2.25. The lowest BCUT2D eigenvalue weighted by Crippen LogP contribution is -2.30. The molecule has 0 aliphatic heterocycles. The number of azide groups is 1. The molecule has 0 aliphatic carbocycles. The maximum absolute atomic E-state index is 11.3. The Morgan fingerprint density at radius 2 is 2.32 bits per heavy atom. The Hall–Kier alpha value is -2.24. The Balaban J connectivity index is 2.86. The Morgan fingerprint density at radius 1 is 1.58 bits per heavy atom. The van der Waals surface area contributed by atoms with Crippen LogP contribution in [-0.4, -0.2) is 30.8 Å². The van der Waals surface area contributed by atoms with Crippen molar-refractivity contribution in [3.63, 3.8) is 0 Å². The Kier molecular flexibility index (Phi) is 6.21.